The molecule has 0 saturated carbocycles. The smallest absolute Gasteiger partial charge is 0.372 e. The minimum atomic E-state index is -0.251. The van der Waals surface area contributed by atoms with Gasteiger partial charge in [0.15, 0.2) is 24.8 Å². The molecule has 0 bridgehead atoms. The van der Waals surface area contributed by atoms with E-state index >= 15 is 0 Å². The standard InChI is InChI=1S/C22H22N2O3/c1-2-27-22(26)17-24-14-10-19(11-15-24)18-8-12-23(13-9-18)16-21(25)20-6-4-3-5-7-20/h3-15H,2,16-17H2,1H3/q+2. The van der Waals surface area contributed by atoms with Crippen molar-refractivity contribution < 1.29 is 23.5 Å². The van der Waals surface area contributed by atoms with E-state index in [1.165, 1.54) is 0 Å². The first-order valence-electron chi connectivity index (χ1n) is 8.88. The molecule has 1 aromatic carbocycles. The Morgan fingerprint density at radius 1 is 0.778 bits per heavy atom. The van der Waals surface area contributed by atoms with Gasteiger partial charge in [-0.3, -0.25) is 4.79 Å². The van der Waals surface area contributed by atoms with Crippen LogP contribution in [0.4, 0.5) is 0 Å². The van der Waals surface area contributed by atoms with Gasteiger partial charge in [-0.15, -0.1) is 0 Å². The van der Waals surface area contributed by atoms with E-state index in [2.05, 4.69) is 0 Å². The summed E-state index contributed by atoms with van der Waals surface area (Å²) in [5, 5.41) is 0. The Balaban J connectivity index is 1.65. The van der Waals surface area contributed by atoms with E-state index in [0.717, 1.165) is 11.1 Å². The number of ketones is 1. The maximum absolute atomic E-state index is 12.3. The zero-order chi connectivity index (χ0) is 19.1. The quantitative estimate of drug-likeness (QED) is 0.368. The molecule has 2 heterocycles. The van der Waals surface area contributed by atoms with E-state index in [1.807, 2.05) is 84.0 Å². The summed E-state index contributed by atoms with van der Waals surface area (Å²) in [5.74, 6) is -0.174. The summed E-state index contributed by atoms with van der Waals surface area (Å²) >= 11 is 0. The Morgan fingerprint density at radius 3 is 1.81 bits per heavy atom. The average molecular weight is 362 g/mol. The molecule has 136 valence electrons. The van der Waals surface area contributed by atoms with Crippen molar-refractivity contribution in [3.63, 3.8) is 0 Å². The molecule has 3 rings (SSSR count). The van der Waals surface area contributed by atoms with Crippen LogP contribution in [0, 0.1) is 0 Å². The van der Waals surface area contributed by atoms with Crippen LogP contribution >= 0.6 is 0 Å². The number of pyridine rings is 2. The first-order chi connectivity index (χ1) is 13.2. The van der Waals surface area contributed by atoms with Crippen LogP contribution in [0.5, 0.6) is 0 Å². The monoisotopic (exact) mass is 362 g/mol. The molecule has 0 saturated heterocycles. The summed E-state index contributed by atoms with van der Waals surface area (Å²) in [7, 11) is 0. The van der Waals surface area contributed by atoms with Gasteiger partial charge in [0.2, 0.25) is 18.9 Å². The van der Waals surface area contributed by atoms with Crippen LogP contribution in [0.25, 0.3) is 11.1 Å². The highest BCUT2D eigenvalue weighted by Crippen LogP contribution is 2.15. The van der Waals surface area contributed by atoms with Crippen molar-refractivity contribution >= 4 is 11.8 Å². The molecule has 0 unspecified atom stereocenters. The highest BCUT2D eigenvalue weighted by atomic mass is 16.5. The molecular weight excluding hydrogens is 340 g/mol. The van der Waals surface area contributed by atoms with E-state index in [-0.39, 0.29) is 18.3 Å². The highest BCUT2D eigenvalue weighted by molar-refractivity contribution is 5.94. The number of rotatable bonds is 7. The minimum absolute atomic E-state index is 0.0769. The molecule has 0 aliphatic carbocycles. The molecule has 0 aliphatic heterocycles. The Labute approximate surface area is 158 Å². The molecular formula is C22H22N2O3+2. The number of hydrogen-bond acceptors (Lipinski definition) is 3. The molecule has 0 amide bonds. The second-order valence-corrected chi connectivity index (χ2v) is 6.11. The number of carbonyl (C=O) groups is 2. The summed E-state index contributed by atoms with van der Waals surface area (Å²) in [5.41, 5.74) is 2.79. The number of aromatic nitrogens is 2. The maximum atomic E-state index is 12.3. The molecule has 3 aromatic rings. The number of benzene rings is 1. The zero-order valence-corrected chi connectivity index (χ0v) is 15.2. The summed E-state index contributed by atoms with van der Waals surface area (Å²) in [6, 6.07) is 17.1. The van der Waals surface area contributed by atoms with Crippen LogP contribution in [0.15, 0.2) is 79.4 Å². The SMILES string of the molecule is CCOC(=O)C[n+]1ccc(-c2cc[n+](CC(=O)c3ccccc3)cc2)cc1. The fourth-order valence-corrected chi connectivity index (χ4v) is 2.75. The van der Waals surface area contributed by atoms with E-state index < -0.39 is 0 Å². The molecule has 0 aliphatic rings. The third kappa shape index (κ3) is 5.07. The Hall–Kier alpha value is -3.34. The van der Waals surface area contributed by atoms with Gasteiger partial charge < -0.3 is 4.74 Å². The van der Waals surface area contributed by atoms with Gasteiger partial charge in [-0.1, -0.05) is 30.3 Å². The fourth-order valence-electron chi connectivity index (χ4n) is 2.75. The molecule has 27 heavy (non-hydrogen) atoms. The lowest BCUT2D eigenvalue weighted by Gasteiger charge is -2.02. The minimum Gasteiger partial charge on any atom is -0.461 e. The van der Waals surface area contributed by atoms with Gasteiger partial charge in [0, 0.05) is 29.8 Å². The van der Waals surface area contributed by atoms with Gasteiger partial charge in [-0.05, 0) is 18.1 Å². The van der Waals surface area contributed by atoms with Gasteiger partial charge in [0.1, 0.15) is 0 Å². The first kappa shape index (κ1) is 18.5. The second kappa shape index (κ2) is 8.85. The second-order valence-electron chi connectivity index (χ2n) is 6.11. The summed E-state index contributed by atoms with van der Waals surface area (Å²) < 4.78 is 8.59. The van der Waals surface area contributed by atoms with Crippen LogP contribution < -0.4 is 9.13 Å². The van der Waals surface area contributed by atoms with E-state index in [9.17, 15) is 9.59 Å². The summed E-state index contributed by atoms with van der Waals surface area (Å²) in [6.07, 6.45) is 7.50. The lowest BCUT2D eigenvalue weighted by atomic mass is 10.1. The van der Waals surface area contributed by atoms with Gasteiger partial charge in [0.25, 0.3) is 0 Å². The molecule has 0 spiro atoms. The largest absolute Gasteiger partial charge is 0.461 e. The van der Waals surface area contributed by atoms with Gasteiger partial charge in [-0.2, -0.15) is 9.13 Å². The first-order valence-corrected chi connectivity index (χ1v) is 8.88. The van der Waals surface area contributed by atoms with Gasteiger partial charge in [0.05, 0.1) is 6.61 Å². The van der Waals surface area contributed by atoms with E-state index in [1.54, 1.807) is 11.5 Å². The van der Waals surface area contributed by atoms with Crippen molar-refractivity contribution in [1.29, 1.82) is 0 Å². The van der Waals surface area contributed by atoms with Crippen molar-refractivity contribution in [3.05, 3.63) is 84.9 Å². The van der Waals surface area contributed by atoms with Crippen molar-refractivity contribution in [3.8, 4) is 11.1 Å². The number of carbonyl (C=O) groups excluding carboxylic acids is 2. The zero-order valence-electron chi connectivity index (χ0n) is 15.2. The van der Waals surface area contributed by atoms with Crippen LogP contribution in [0.3, 0.4) is 0 Å². The lowest BCUT2D eigenvalue weighted by Crippen LogP contribution is -2.38. The maximum Gasteiger partial charge on any atom is 0.372 e. The van der Waals surface area contributed by atoms with Crippen molar-refractivity contribution in [2.45, 2.75) is 20.0 Å². The highest BCUT2D eigenvalue weighted by Gasteiger charge is 2.13. The number of esters is 1. The van der Waals surface area contributed by atoms with Gasteiger partial charge in [-0.25, -0.2) is 4.79 Å². The van der Waals surface area contributed by atoms with Crippen molar-refractivity contribution in [2.24, 2.45) is 0 Å². The Kier molecular flexibility index (Phi) is 6.05. The molecule has 0 radical (unpaired) electrons. The number of hydrogen-bond donors (Lipinski definition) is 0. The molecule has 5 nitrogen and oxygen atoms in total. The van der Waals surface area contributed by atoms with Gasteiger partial charge >= 0.3 is 5.97 Å². The topological polar surface area (TPSA) is 51.1 Å². The number of ether oxygens (including phenoxy) is 1. The van der Waals surface area contributed by atoms with Crippen LogP contribution in [-0.4, -0.2) is 18.4 Å². The predicted octanol–water partition coefficient (Wildman–Crippen LogP) is 2.37. The normalized spacial score (nSPS) is 10.4. The van der Waals surface area contributed by atoms with Crippen molar-refractivity contribution in [2.75, 3.05) is 6.61 Å². The Morgan fingerprint density at radius 2 is 1.30 bits per heavy atom. The predicted molar refractivity (Wildman–Crippen MR) is 99.7 cm³/mol. The van der Waals surface area contributed by atoms with Crippen LogP contribution in [-0.2, 0) is 22.6 Å². The van der Waals surface area contributed by atoms with Crippen molar-refractivity contribution in [1.82, 2.24) is 0 Å². The molecule has 5 heteroatoms. The third-order valence-corrected chi connectivity index (χ3v) is 4.15. The van der Waals surface area contributed by atoms with Crippen LogP contribution in [0.1, 0.15) is 17.3 Å². The molecule has 2 aromatic heterocycles. The average Bonchev–Trinajstić information content (AvgIpc) is 2.70. The molecule has 0 N–H and O–H groups in total. The molecule has 0 atom stereocenters. The third-order valence-electron chi connectivity index (χ3n) is 4.15. The summed E-state index contributed by atoms with van der Waals surface area (Å²) in [6.45, 7) is 2.68. The number of nitrogens with zero attached hydrogens (tertiary/aromatic N) is 2. The fraction of sp³-hybridized carbons (Fsp3) is 0.182. The lowest BCUT2D eigenvalue weighted by molar-refractivity contribution is -0.685. The van der Waals surface area contributed by atoms with E-state index in [4.69, 9.17) is 4.74 Å². The van der Waals surface area contributed by atoms with Crippen LogP contribution in [0.2, 0.25) is 0 Å². The number of Topliss-reactive ketones (excluding diaryl/α,β-unsaturated/α-hetero) is 1. The molecule has 0 fully saturated rings. The Bertz CT molecular complexity index is 905. The summed E-state index contributed by atoms with van der Waals surface area (Å²) in [4.78, 5) is 23.8. The van der Waals surface area contributed by atoms with E-state index in [0.29, 0.717) is 18.7 Å².